The van der Waals surface area contributed by atoms with E-state index in [1.807, 2.05) is 0 Å². The van der Waals surface area contributed by atoms with E-state index < -0.39 is 184 Å². The van der Waals surface area contributed by atoms with Gasteiger partial charge in [0.2, 0.25) is 6.29 Å². The summed E-state index contributed by atoms with van der Waals surface area (Å²) in [5.41, 5.74) is -1.11. The van der Waals surface area contributed by atoms with Crippen LogP contribution >= 0.6 is 0 Å². The summed E-state index contributed by atoms with van der Waals surface area (Å²) in [4.78, 5) is 15.2. The van der Waals surface area contributed by atoms with Gasteiger partial charge >= 0.3 is 5.97 Å². The fourth-order valence-electron chi connectivity index (χ4n) is 18.1. The molecular weight excluding hydrogens is 1110 g/mol. The van der Waals surface area contributed by atoms with E-state index in [9.17, 15) is 76.6 Å². The van der Waals surface area contributed by atoms with Gasteiger partial charge < -0.3 is 119 Å². The van der Waals surface area contributed by atoms with Crippen molar-refractivity contribution < 1.29 is 124 Å². The Morgan fingerprint density at radius 2 is 1.14 bits per heavy atom. The quantitative estimate of drug-likeness (QED) is 0.0724. The first-order valence-electron chi connectivity index (χ1n) is 30.5. The lowest BCUT2D eigenvalue weighted by atomic mass is 9.33. The average Bonchev–Trinajstić information content (AvgIpc) is 3.64. The van der Waals surface area contributed by atoms with Gasteiger partial charge in [-0.1, -0.05) is 60.1 Å². The average molecular weight is 1210 g/mol. The Bertz CT molecular complexity index is 2340. The molecule has 482 valence electrons. The predicted octanol–water partition coefficient (Wildman–Crippen LogP) is -2.27. The van der Waals surface area contributed by atoms with E-state index in [1.165, 1.54) is 12.5 Å². The third kappa shape index (κ3) is 10.7. The summed E-state index contributed by atoms with van der Waals surface area (Å²) in [7, 11) is 0. The number of hydrogen-bond acceptors (Lipinski definition) is 25. The van der Waals surface area contributed by atoms with Crippen molar-refractivity contribution in [1.29, 1.82) is 0 Å². The zero-order valence-electron chi connectivity index (χ0n) is 49.4. The summed E-state index contributed by atoms with van der Waals surface area (Å²) in [5.74, 6) is -0.639. The van der Waals surface area contributed by atoms with Crippen molar-refractivity contribution in [3.05, 3.63) is 11.6 Å². The minimum absolute atomic E-state index is 0.155. The molecule has 0 aromatic heterocycles. The SMILES string of the molecule is C[C@@H]1O[C@@H](O[C@H]2[C@H](O)[C@@H](O)[C@H](OC[C@H]3O[C@@H](OC(=O)[C@]45CCC(C)(C)C[C@H]4C4=CC[C@@H]6[C@@]7(C)CC[C@H]([C@@H]8OC[C@H](O)[C@H](O[C@@H]9O[C@H](CO)[C@@H](O)[C@H](O)[C@H]9O)[C@H]8O)C(C)(C)[C@@H]7CC[C@@]6(C)[C@]4(C)CC5)[C@H](O)[C@@H](O)[C@@H]3O)O[C@@H]2CO)[C@H](O)[C@H](O)[C@H]1O. The highest BCUT2D eigenvalue weighted by molar-refractivity contribution is 5.79. The second-order valence-electron chi connectivity index (χ2n) is 28.7. The van der Waals surface area contributed by atoms with Crippen molar-refractivity contribution in [2.24, 2.45) is 56.2 Å². The smallest absolute Gasteiger partial charge is 0.315 e. The monoisotopic (exact) mass is 1200 g/mol. The van der Waals surface area contributed by atoms with E-state index in [2.05, 4.69) is 54.5 Å². The van der Waals surface area contributed by atoms with E-state index in [0.717, 1.165) is 25.7 Å². The van der Waals surface area contributed by atoms with Crippen LogP contribution in [0, 0.1) is 56.2 Å². The van der Waals surface area contributed by atoms with Crippen molar-refractivity contribution in [2.75, 3.05) is 26.4 Å². The molecule has 0 aromatic carbocycles. The fourth-order valence-corrected chi connectivity index (χ4v) is 18.1. The van der Waals surface area contributed by atoms with Crippen molar-refractivity contribution in [3.63, 3.8) is 0 Å². The van der Waals surface area contributed by atoms with E-state index in [1.54, 1.807) is 0 Å². The Labute approximate surface area is 489 Å². The maximum absolute atomic E-state index is 15.2. The van der Waals surface area contributed by atoms with Crippen LogP contribution in [0.3, 0.4) is 0 Å². The first-order chi connectivity index (χ1) is 39.3. The van der Waals surface area contributed by atoms with Crippen molar-refractivity contribution in [3.8, 4) is 0 Å². The number of hydrogen-bond donors (Lipinski definition) is 15. The predicted molar refractivity (Wildman–Crippen MR) is 287 cm³/mol. The van der Waals surface area contributed by atoms with Crippen LogP contribution in [0.2, 0.25) is 0 Å². The molecule has 0 spiro atoms. The van der Waals surface area contributed by atoms with Gasteiger partial charge in [0.1, 0.15) is 110 Å². The Hall–Kier alpha value is -1.71. The third-order valence-electron chi connectivity index (χ3n) is 23.4. The van der Waals surface area contributed by atoms with Gasteiger partial charge in [-0.2, -0.15) is 0 Å². The standard InChI is InChI=1S/C59H96O25/c1-24-34(63)37(66)41(70)50(78-24)83-48-30(21-61)80-49(44(73)40(48)69)77-23-31-36(65)39(68)43(72)52(81-31)84-53(75)59-17-15-54(2,3)19-27(59)25-9-10-33-56(6)13-11-26(55(4,5)32(56)12-14-58(33,8)57(25,7)16-18-59)46-45(74)47(28(62)22-76-46)82-51-42(71)38(67)35(64)29(20-60)79-51/h9,24,26-52,60-74H,10-23H2,1-8H3/t24-,26+,27-,28-,29+,30+,31+,32-,33+,34-,35+,36+,37+,38-,39-,40+,41+,42+,43+,44+,45-,46-,47-,48+,49+,50-,51-,52-,56-,57+,58+,59-/m0/s1. The zero-order valence-corrected chi connectivity index (χ0v) is 49.4. The number of fused-ring (bicyclic) bond motifs is 7. The van der Waals surface area contributed by atoms with E-state index in [4.69, 9.17) is 42.6 Å². The highest BCUT2D eigenvalue weighted by Crippen LogP contribution is 2.76. The fraction of sp³-hybridized carbons (Fsp3) is 0.949. The molecular formula is C59H96O25. The third-order valence-corrected chi connectivity index (χ3v) is 23.4. The molecule has 5 saturated heterocycles. The molecule has 10 rings (SSSR count). The molecule has 0 radical (unpaired) electrons. The molecule has 32 atom stereocenters. The number of aliphatic hydroxyl groups excluding tert-OH is 15. The lowest BCUT2D eigenvalue weighted by Gasteiger charge is -2.71. The molecule has 0 aromatic rings. The molecule has 0 unspecified atom stereocenters. The largest absolute Gasteiger partial charge is 0.432 e. The number of carbonyl (C=O) groups is 1. The molecule has 84 heavy (non-hydrogen) atoms. The maximum Gasteiger partial charge on any atom is 0.315 e. The van der Waals surface area contributed by atoms with Crippen LogP contribution in [0.25, 0.3) is 0 Å². The molecule has 9 fully saturated rings. The first-order valence-corrected chi connectivity index (χ1v) is 30.5. The van der Waals surface area contributed by atoms with E-state index >= 15 is 4.79 Å². The lowest BCUT2D eigenvalue weighted by Crippen LogP contribution is -2.67. The Balaban J connectivity index is 0.826. The van der Waals surface area contributed by atoms with Gasteiger partial charge in [-0.25, -0.2) is 0 Å². The number of rotatable bonds is 12. The second kappa shape index (κ2) is 23.8. The van der Waals surface area contributed by atoms with Gasteiger partial charge in [-0.3, -0.25) is 4.79 Å². The summed E-state index contributed by atoms with van der Waals surface area (Å²) >= 11 is 0. The molecule has 25 nitrogen and oxygen atoms in total. The molecule has 0 amide bonds. The molecule has 0 bridgehead atoms. The van der Waals surface area contributed by atoms with Crippen molar-refractivity contribution in [2.45, 2.75) is 267 Å². The molecule has 25 heteroatoms. The van der Waals surface area contributed by atoms with Gasteiger partial charge in [0, 0.05) is 0 Å². The van der Waals surface area contributed by atoms with Crippen LogP contribution in [0.5, 0.6) is 0 Å². The van der Waals surface area contributed by atoms with Crippen LogP contribution in [-0.4, -0.2) is 256 Å². The normalized spacial score (nSPS) is 54.6. The van der Waals surface area contributed by atoms with Crippen LogP contribution in [0.4, 0.5) is 0 Å². The van der Waals surface area contributed by atoms with Gasteiger partial charge in [-0.15, -0.1) is 0 Å². The van der Waals surface area contributed by atoms with Crippen LogP contribution in [0.1, 0.15) is 120 Å². The summed E-state index contributed by atoms with van der Waals surface area (Å²) in [5, 5.41) is 162. The van der Waals surface area contributed by atoms with E-state index in [0.29, 0.717) is 38.5 Å². The summed E-state index contributed by atoms with van der Waals surface area (Å²) < 4.78 is 52.9. The second-order valence-corrected chi connectivity index (χ2v) is 28.7. The molecule has 5 aliphatic heterocycles. The number of esters is 1. The number of ether oxygens (including phenoxy) is 9. The van der Waals surface area contributed by atoms with Gasteiger partial charge in [0.15, 0.2) is 18.9 Å². The Kier molecular flexibility index (Phi) is 18.5. The van der Waals surface area contributed by atoms with E-state index in [-0.39, 0.29) is 51.9 Å². The van der Waals surface area contributed by atoms with Gasteiger partial charge in [0.05, 0.1) is 44.1 Å². The molecule has 10 aliphatic rings. The first kappa shape index (κ1) is 65.2. The molecule has 15 N–H and O–H groups in total. The molecule has 5 aliphatic carbocycles. The number of allylic oxidation sites excluding steroid dienone is 2. The zero-order chi connectivity index (χ0) is 61.3. The Morgan fingerprint density at radius 3 is 1.81 bits per heavy atom. The highest BCUT2D eigenvalue weighted by Gasteiger charge is 2.71. The topological polar surface area (TPSA) is 404 Å². The summed E-state index contributed by atoms with van der Waals surface area (Å²) in [6, 6.07) is 0. The number of carbonyl (C=O) groups excluding carboxylic acids is 1. The number of aliphatic hydroxyl groups is 15. The van der Waals surface area contributed by atoms with Gasteiger partial charge in [0.25, 0.3) is 0 Å². The molecule has 4 saturated carbocycles. The minimum Gasteiger partial charge on any atom is -0.432 e. The maximum atomic E-state index is 15.2. The Morgan fingerprint density at radius 1 is 0.571 bits per heavy atom. The van der Waals surface area contributed by atoms with Crippen molar-refractivity contribution in [1.82, 2.24) is 0 Å². The summed E-state index contributed by atoms with van der Waals surface area (Å²) in [6.07, 6.45) is -27.8. The van der Waals surface area contributed by atoms with Gasteiger partial charge in [-0.05, 0) is 122 Å². The van der Waals surface area contributed by atoms with Crippen LogP contribution in [0.15, 0.2) is 11.6 Å². The highest BCUT2D eigenvalue weighted by atomic mass is 16.8. The summed E-state index contributed by atoms with van der Waals surface area (Å²) in [6.45, 7) is 15.2. The lowest BCUT2D eigenvalue weighted by molar-refractivity contribution is -0.361. The molecule has 5 heterocycles. The van der Waals surface area contributed by atoms with Crippen molar-refractivity contribution >= 4 is 5.97 Å². The minimum atomic E-state index is -1.89. The van der Waals surface area contributed by atoms with Crippen LogP contribution in [-0.2, 0) is 47.4 Å². The van der Waals surface area contributed by atoms with Crippen LogP contribution < -0.4 is 0 Å².